The number of carbonyl (C=O) groups is 1. The van der Waals surface area contributed by atoms with Crippen molar-refractivity contribution in [1.82, 2.24) is 14.7 Å². The van der Waals surface area contributed by atoms with Crippen LogP contribution in [0.3, 0.4) is 0 Å². The van der Waals surface area contributed by atoms with E-state index in [1.807, 2.05) is 71.6 Å². The smallest absolute Gasteiger partial charge is 0.279 e. The molecular weight excluding hydrogens is 428 g/mol. The first-order valence-electron chi connectivity index (χ1n) is 11.4. The zero-order valence-electron chi connectivity index (χ0n) is 19.1. The number of rotatable bonds is 4. The van der Waals surface area contributed by atoms with Gasteiger partial charge in [0.1, 0.15) is 5.75 Å². The molecule has 1 amide bonds. The fourth-order valence-electron chi connectivity index (χ4n) is 4.41. The maximum Gasteiger partial charge on any atom is 0.279 e. The minimum atomic E-state index is -0.236. The minimum Gasteiger partial charge on any atom is -0.497 e. The van der Waals surface area contributed by atoms with Crippen LogP contribution in [-0.2, 0) is 0 Å². The monoisotopic (exact) mass is 454 g/mol. The van der Waals surface area contributed by atoms with Gasteiger partial charge in [-0.15, -0.1) is 0 Å². The number of fused-ring (bicyclic) bond motifs is 1. The Kier molecular flexibility index (Phi) is 5.99. The van der Waals surface area contributed by atoms with Gasteiger partial charge in [0.15, 0.2) is 5.69 Å². The van der Waals surface area contributed by atoms with Gasteiger partial charge in [-0.25, -0.2) is 0 Å². The van der Waals surface area contributed by atoms with Crippen LogP contribution in [-0.4, -0.2) is 53.9 Å². The summed E-state index contributed by atoms with van der Waals surface area (Å²) in [7, 11) is 1.66. The number of methoxy groups -OCH3 is 1. The lowest BCUT2D eigenvalue weighted by molar-refractivity contribution is 0.0761. The number of carbonyl (C=O) groups excluding carboxylic acids is 1. The minimum absolute atomic E-state index is 0.155. The van der Waals surface area contributed by atoms with Crippen LogP contribution in [0.2, 0.25) is 0 Å². The van der Waals surface area contributed by atoms with Crippen molar-refractivity contribution in [2.45, 2.75) is 6.42 Å². The summed E-state index contributed by atoms with van der Waals surface area (Å²) >= 11 is 0. The van der Waals surface area contributed by atoms with Crippen molar-refractivity contribution in [3.63, 3.8) is 0 Å². The summed E-state index contributed by atoms with van der Waals surface area (Å²) in [6, 6.07) is 24.4. The first-order valence-corrected chi connectivity index (χ1v) is 11.4. The summed E-state index contributed by atoms with van der Waals surface area (Å²) in [5.41, 5.74) is 1.81. The third kappa shape index (κ3) is 4.12. The lowest BCUT2D eigenvalue weighted by Gasteiger charge is -2.24. The van der Waals surface area contributed by atoms with E-state index in [1.165, 1.54) is 4.68 Å². The van der Waals surface area contributed by atoms with E-state index in [2.05, 4.69) is 10.00 Å². The van der Waals surface area contributed by atoms with Crippen molar-refractivity contribution in [3.05, 3.63) is 94.9 Å². The maximum absolute atomic E-state index is 13.7. The fourth-order valence-corrected chi connectivity index (χ4v) is 4.41. The van der Waals surface area contributed by atoms with Crippen LogP contribution in [0.4, 0.5) is 5.69 Å². The predicted molar refractivity (Wildman–Crippen MR) is 133 cm³/mol. The third-order valence-electron chi connectivity index (χ3n) is 6.23. The second-order valence-electron chi connectivity index (χ2n) is 8.28. The molecule has 1 aliphatic rings. The summed E-state index contributed by atoms with van der Waals surface area (Å²) in [4.78, 5) is 31.0. The summed E-state index contributed by atoms with van der Waals surface area (Å²) in [6.07, 6.45) is 0.841. The van der Waals surface area contributed by atoms with Gasteiger partial charge in [0, 0.05) is 37.3 Å². The highest BCUT2D eigenvalue weighted by atomic mass is 16.5. The van der Waals surface area contributed by atoms with Crippen LogP contribution in [0.1, 0.15) is 16.9 Å². The maximum atomic E-state index is 13.7. The highest BCUT2D eigenvalue weighted by Gasteiger charge is 2.25. The summed E-state index contributed by atoms with van der Waals surface area (Å²) in [5.74, 6) is 0.666. The lowest BCUT2D eigenvalue weighted by Crippen LogP contribution is -2.37. The molecule has 0 unspecified atom stereocenters. The van der Waals surface area contributed by atoms with E-state index in [4.69, 9.17) is 4.74 Å². The Hall–Kier alpha value is -4.13. The van der Waals surface area contributed by atoms with E-state index >= 15 is 0 Å². The summed E-state index contributed by atoms with van der Waals surface area (Å²) in [5, 5.41) is 5.63. The van der Waals surface area contributed by atoms with Gasteiger partial charge in [-0.3, -0.25) is 9.59 Å². The van der Waals surface area contributed by atoms with Crippen molar-refractivity contribution in [2.24, 2.45) is 0 Å². The number of benzene rings is 3. The van der Waals surface area contributed by atoms with Gasteiger partial charge in [-0.2, -0.15) is 9.78 Å². The Bertz CT molecular complexity index is 1370. The molecule has 3 aromatic carbocycles. The van der Waals surface area contributed by atoms with Crippen LogP contribution in [0.25, 0.3) is 16.5 Å². The molecule has 1 saturated heterocycles. The van der Waals surface area contributed by atoms with Crippen molar-refractivity contribution in [1.29, 1.82) is 0 Å². The molecule has 0 spiro atoms. The Morgan fingerprint density at radius 1 is 0.794 bits per heavy atom. The number of para-hydroxylation sites is 1. The van der Waals surface area contributed by atoms with Gasteiger partial charge in [-0.1, -0.05) is 36.4 Å². The zero-order valence-corrected chi connectivity index (χ0v) is 19.1. The number of nitrogens with zero attached hydrogens (tertiary/aromatic N) is 4. The molecule has 172 valence electrons. The molecule has 0 aliphatic carbocycles. The standard InChI is InChI=1S/C27H26N4O3/c1-34-22-14-12-20(13-15-22)29-16-7-17-30(19-18-29)27(33)25-23-10-5-6-11-24(23)26(32)31(28-25)21-8-3-2-4-9-21/h2-6,8-15H,7,16-19H2,1H3. The van der Waals surface area contributed by atoms with Gasteiger partial charge in [0.05, 0.1) is 18.2 Å². The largest absolute Gasteiger partial charge is 0.497 e. The van der Waals surface area contributed by atoms with Crippen LogP contribution in [0.15, 0.2) is 83.7 Å². The van der Waals surface area contributed by atoms with E-state index < -0.39 is 0 Å². The first kappa shape index (κ1) is 21.7. The number of anilines is 1. The van der Waals surface area contributed by atoms with Gasteiger partial charge in [0.25, 0.3) is 11.5 Å². The molecule has 0 N–H and O–H groups in total. The van der Waals surface area contributed by atoms with Crippen molar-refractivity contribution < 1.29 is 9.53 Å². The van der Waals surface area contributed by atoms with Crippen LogP contribution in [0, 0.1) is 0 Å². The van der Waals surface area contributed by atoms with Crippen LogP contribution >= 0.6 is 0 Å². The second kappa shape index (κ2) is 9.39. The molecule has 5 rings (SSSR count). The molecule has 0 bridgehead atoms. The number of hydrogen-bond acceptors (Lipinski definition) is 5. The molecule has 0 saturated carbocycles. The molecule has 7 nitrogen and oxygen atoms in total. The quantitative estimate of drug-likeness (QED) is 0.470. The lowest BCUT2D eigenvalue weighted by atomic mass is 10.1. The average molecular weight is 455 g/mol. The Balaban J connectivity index is 1.46. The Labute approximate surface area is 197 Å². The molecule has 4 aromatic rings. The number of amides is 1. The summed E-state index contributed by atoms with van der Waals surface area (Å²) in [6.45, 7) is 2.78. The molecule has 2 heterocycles. The van der Waals surface area contributed by atoms with Crippen molar-refractivity contribution in [2.75, 3.05) is 38.2 Å². The molecule has 0 atom stereocenters. The SMILES string of the molecule is COc1ccc(N2CCCN(C(=O)c3nn(-c4ccccc4)c(=O)c4ccccc34)CC2)cc1. The van der Waals surface area contributed by atoms with Gasteiger partial charge in [0.2, 0.25) is 0 Å². The molecule has 1 aromatic heterocycles. The number of hydrogen-bond donors (Lipinski definition) is 0. The van der Waals surface area contributed by atoms with Gasteiger partial charge < -0.3 is 14.5 Å². The zero-order chi connectivity index (χ0) is 23.5. The van der Waals surface area contributed by atoms with E-state index in [9.17, 15) is 9.59 Å². The molecule has 0 radical (unpaired) electrons. The van der Waals surface area contributed by atoms with E-state index in [1.54, 1.807) is 19.2 Å². The molecule has 7 heteroatoms. The van der Waals surface area contributed by atoms with Gasteiger partial charge >= 0.3 is 0 Å². The fraction of sp³-hybridized carbons (Fsp3) is 0.222. The number of ether oxygens (including phenoxy) is 1. The third-order valence-corrected chi connectivity index (χ3v) is 6.23. The van der Waals surface area contributed by atoms with Crippen molar-refractivity contribution in [3.8, 4) is 11.4 Å². The molecule has 1 fully saturated rings. The Morgan fingerprint density at radius 2 is 1.50 bits per heavy atom. The molecule has 34 heavy (non-hydrogen) atoms. The molecular formula is C27H26N4O3. The van der Waals surface area contributed by atoms with Gasteiger partial charge in [-0.05, 0) is 48.9 Å². The second-order valence-corrected chi connectivity index (χ2v) is 8.28. The molecule has 1 aliphatic heterocycles. The van der Waals surface area contributed by atoms with E-state index in [0.717, 1.165) is 24.4 Å². The highest BCUT2D eigenvalue weighted by molar-refractivity contribution is 6.04. The predicted octanol–water partition coefficient (Wildman–Crippen LogP) is 3.75. The van der Waals surface area contributed by atoms with Crippen molar-refractivity contribution >= 4 is 22.4 Å². The van der Waals surface area contributed by atoms with Crippen LogP contribution < -0.4 is 15.2 Å². The van der Waals surface area contributed by atoms with E-state index in [-0.39, 0.29) is 11.5 Å². The first-order chi connectivity index (χ1) is 16.7. The van der Waals surface area contributed by atoms with Crippen LogP contribution in [0.5, 0.6) is 5.75 Å². The van der Waals surface area contributed by atoms with E-state index in [0.29, 0.717) is 41.8 Å². The average Bonchev–Trinajstić information content (AvgIpc) is 3.16. The summed E-state index contributed by atoms with van der Waals surface area (Å²) < 4.78 is 6.59. The topological polar surface area (TPSA) is 67.7 Å². The highest BCUT2D eigenvalue weighted by Crippen LogP contribution is 2.22. The normalized spacial score (nSPS) is 14.1. The number of aromatic nitrogens is 2. The Morgan fingerprint density at radius 3 is 2.24 bits per heavy atom.